The van der Waals surface area contributed by atoms with Crippen LogP contribution in [0.15, 0.2) is 23.1 Å². The van der Waals surface area contributed by atoms with Crippen molar-refractivity contribution in [3.63, 3.8) is 0 Å². The Kier molecular flexibility index (Phi) is 7.47. The number of rotatable bonds is 9. The van der Waals surface area contributed by atoms with Crippen LogP contribution in [-0.2, 0) is 14.8 Å². The van der Waals surface area contributed by atoms with Crippen LogP contribution in [0.5, 0.6) is 0 Å². The quantitative estimate of drug-likeness (QED) is 0.518. The van der Waals surface area contributed by atoms with E-state index in [2.05, 4.69) is 5.32 Å². The first-order valence-corrected chi connectivity index (χ1v) is 8.87. The zero-order valence-electron chi connectivity index (χ0n) is 13.7. The molecule has 2 N–H and O–H groups in total. The van der Waals surface area contributed by atoms with Crippen molar-refractivity contribution < 1.29 is 23.1 Å². The van der Waals surface area contributed by atoms with Gasteiger partial charge in [-0.25, -0.2) is 17.5 Å². The van der Waals surface area contributed by atoms with Crippen LogP contribution in [0.3, 0.4) is 0 Å². The molecule has 130 valence electrons. The van der Waals surface area contributed by atoms with Gasteiger partial charge in [0.1, 0.15) is 0 Å². The van der Waals surface area contributed by atoms with Gasteiger partial charge in [0.15, 0.2) is 0 Å². The summed E-state index contributed by atoms with van der Waals surface area (Å²) in [5, 5.41) is 11.8. The fourth-order valence-corrected chi connectivity index (χ4v) is 2.72. The van der Waals surface area contributed by atoms with Crippen molar-refractivity contribution in [3.8, 4) is 0 Å². The maximum atomic E-state index is 12.2. The van der Waals surface area contributed by atoms with Crippen LogP contribution < -0.4 is 5.32 Å². The van der Waals surface area contributed by atoms with E-state index in [0.717, 1.165) is 17.1 Å². The van der Waals surface area contributed by atoms with Crippen molar-refractivity contribution in [2.24, 2.45) is 0 Å². The highest BCUT2D eigenvalue weighted by atomic mass is 32.2. The molecule has 1 aromatic carbocycles. The zero-order valence-corrected chi connectivity index (χ0v) is 14.5. The van der Waals surface area contributed by atoms with Crippen LogP contribution in [0.1, 0.15) is 30.1 Å². The Labute approximate surface area is 137 Å². The summed E-state index contributed by atoms with van der Waals surface area (Å²) in [6.45, 7) is 2.39. The zero-order chi connectivity index (χ0) is 17.5. The maximum absolute atomic E-state index is 12.2. The molecule has 0 unspecified atom stereocenters. The molecule has 0 aliphatic heterocycles. The molecule has 0 aliphatic carbocycles. The van der Waals surface area contributed by atoms with Crippen LogP contribution in [0, 0.1) is 0 Å². The summed E-state index contributed by atoms with van der Waals surface area (Å²) in [4.78, 5) is 12.2. The minimum absolute atomic E-state index is 0.0134. The van der Waals surface area contributed by atoms with E-state index in [4.69, 9.17) is 9.84 Å². The fraction of sp³-hybridized carbons (Fsp3) is 0.533. The lowest BCUT2D eigenvalue weighted by Crippen LogP contribution is -2.23. The highest BCUT2D eigenvalue weighted by molar-refractivity contribution is 7.89. The molecule has 0 bridgehead atoms. The highest BCUT2D eigenvalue weighted by Gasteiger charge is 2.21. The van der Waals surface area contributed by atoms with E-state index in [1.54, 1.807) is 0 Å². The number of carbonyl (C=O) groups excluding carboxylic acids is 1. The number of sulfonamides is 1. The lowest BCUT2D eigenvalue weighted by molar-refractivity contribution is 0.0500. The molecule has 0 heterocycles. The molecule has 0 aliphatic rings. The van der Waals surface area contributed by atoms with Gasteiger partial charge in [0.25, 0.3) is 0 Å². The molecule has 0 fully saturated rings. The molecule has 23 heavy (non-hydrogen) atoms. The number of aliphatic hydroxyl groups is 1. The molecular weight excluding hydrogens is 320 g/mol. The van der Waals surface area contributed by atoms with Gasteiger partial charge in [0.2, 0.25) is 10.0 Å². The highest BCUT2D eigenvalue weighted by Crippen LogP contribution is 2.23. The first-order valence-electron chi connectivity index (χ1n) is 7.43. The first kappa shape index (κ1) is 19.4. The molecule has 0 saturated carbocycles. The summed E-state index contributed by atoms with van der Waals surface area (Å²) < 4.78 is 30.7. The van der Waals surface area contributed by atoms with Crippen LogP contribution in [0.2, 0.25) is 0 Å². The third-order valence-corrected chi connectivity index (χ3v) is 4.96. The molecule has 0 aromatic heterocycles. The first-order chi connectivity index (χ1) is 10.8. The Morgan fingerprint density at radius 3 is 2.61 bits per heavy atom. The van der Waals surface area contributed by atoms with Crippen molar-refractivity contribution in [1.82, 2.24) is 4.31 Å². The van der Waals surface area contributed by atoms with Gasteiger partial charge in [-0.15, -0.1) is 0 Å². The van der Waals surface area contributed by atoms with E-state index < -0.39 is 16.0 Å². The Morgan fingerprint density at radius 1 is 1.35 bits per heavy atom. The van der Waals surface area contributed by atoms with Crippen molar-refractivity contribution in [3.05, 3.63) is 23.8 Å². The summed E-state index contributed by atoms with van der Waals surface area (Å²) in [5.74, 6) is -0.588. The van der Waals surface area contributed by atoms with E-state index in [-0.39, 0.29) is 30.2 Å². The normalized spacial score (nSPS) is 11.5. The summed E-state index contributed by atoms with van der Waals surface area (Å²) in [5.41, 5.74) is 0.565. The predicted molar refractivity (Wildman–Crippen MR) is 88.1 cm³/mol. The molecule has 0 spiro atoms. The van der Waals surface area contributed by atoms with Crippen LogP contribution >= 0.6 is 0 Å². The van der Waals surface area contributed by atoms with Gasteiger partial charge in [0, 0.05) is 26.3 Å². The topological polar surface area (TPSA) is 95.9 Å². The standard InChI is InChI=1S/C15H24N2O5S/c1-4-5-10-22-15(19)13-11-12(23(20,21)17(2)3)6-7-14(13)16-8-9-18/h6-7,11,16,18H,4-5,8-10H2,1-3H3. The van der Waals surface area contributed by atoms with E-state index in [1.807, 2.05) is 6.92 Å². The van der Waals surface area contributed by atoms with E-state index in [1.165, 1.54) is 32.3 Å². The van der Waals surface area contributed by atoms with Crippen molar-refractivity contribution in [2.45, 2.75) is 24.7 Å². The lowest BCUT2D eigenvalue weighted by atomic mass is 10.1. The number of carbonyl (C=O) groups is 1. The van der Waals surface area contributed by atoms with Gasteiger partial charge in [-0.3, -0.25) is 0 Å². The van der Waals surface area contributed by atoms with Crippen LogP contribution in [0.25, 0.3) is 0 Å². The second kappa shape index (κ2) is 8.85. The number of nitrogens with one attached hydrogen (secondary N) is 1. The summed E-state index contributed by atoms with van der Waals surface area (Å²) in [7, 11) is -0.801. The minimum Gasteiger partial charge on any atom is -0.462 e. The second-order valence-corrected chi connectivity index (χ2v) is 7.29. The van der Waals surface area contributed by atoms with Gasteiger partial charge < -0.3 is 15.2 Å². The molecule has 1 rings (SSSR count). The third kappa shape index (κ3) is 5.19. The predicted octanol–water partition coefficient (Wildman–Crippen LogP) is 1.30. The van der Waals surface area contributed by atoms with Crippen molar-refractivity contribution >= 4 is 21.7 Å². The Bertz CT molecular complexity index is 629. The number of hydrogen-bond donors (Lipinski definition) is 2. The number of esters is 1. The number of benzene rings is 1. The number of ether oxygens (including phenoxy) is 1. The summed E-state index contributed by atoms with van der Waals surface area (Å²) in [6, 6.07) is 4.21. The summed E-state index contributed by atoms with van der Waals surface area (Å²) >= 11 is 0. The van der Waals surface area contributed by atoms with Crippen LogP contribution in [0.4, 0.5) is 5.69 Å². The maximum Gasteiger partial charge on any atom is 0.340 e. The molecule has 7 nitrogen and oxygen atoms in total. The number of anilines is 1. The SMILES string of the molecule is CCCCOC(=O)c1cc(S(=O)(=O)N(C)C)ccc1NCCO. The molecular formula is C15H24N2O5S. The number of nitrogens with zero attached hydrogens (tertiary/aromatic N) is 1. The smallest absolute Gasteiger partial charge is 0.340 e. The summed E-state index contributed by atoms with van der Waals surface area (Å²) in [6.07, 6.45) is 1.62. The van der Waals surface area contributed by atoms with Crippen LogP contribution in [-0.4, -0.2) is 57.7 Å². The molecule has 0 atom stereocenters. The van der Waals surface area contributed by atoms with Gasteiger partial charge in [-0.05, 0) is 24.6 Å². The fourth-order valence-electron chi connectivity index (χ4n) is 1.80. The monoisotopic (exact) mass is 344 g/mol. The van der Waals surface area contributed by atoms with Gasteiger partial charge in [-0.2, -0.15) is 0 Å². The molecule has 0 radical (unpaired) electrons. The lowest BCUT2D eigenvalue weighted by Gasteiger charge is -2.15. The van der Waals surface area contributed by atoms with E-state index in [0.29, 0.717) is 5.69 Å². The Morgan fingerprint density at radius 2 is 2.04 bits per heavy atom. The Balaban J connectivity index is 3.17. The van der Waals surface area contributed by atoms with Crippen molar-refractivity contribution in [1.29, 1.82) is 0 Å². The largest absolute Gasteiger partial charge is 0.462 e. The number of aliphatic hydroxyl groups excluding tert-OH is 1. The number of hydrogen-bond acceptors (Lipinski definition) is 6. The third-order valence-electron chi connectivity index (χ3n) is 3.15. The molecule has 0 amide bonds. The average molecular weight is 344 g/mol. The second-order valence-electron chi connectivity index (χ2n) is 5.13. The average Bonchev–Trinajstić information content (AvgIpc) is 2.52. The van der Waals surface area contributed by atoms with E-state index >= 15 is 0 Å². The number of unbranched alkanes of at least 4 members (excludes halogenated alkanes) is 1. The molecule has 0 saturated heterocycles. The van der Waals surface area contributed by atoms with Gasteiger partial charge in [0.05, 0.1) is 23.7 Å². The minimum atomic E-state index is -3.65. The van der Waals surface area contributed by atoms with Crippen molar-refractivity contribution in [2.75, 3.05) is 39.2 Å². The van der Waals surface area contributed by atoms with Gasteiger partial charge in [-0.1, -0.05) is 13.3 Å². The molecule has 1 aromatic rings. The van der Waals surface area contributed by atoms with E-state index in [9.17, 15) is 13.2 Å². The van der Waals surface area contributed by atoms with Gasteiger partial charge >= 0.3 is 5.97 Å². The molecule has 8 heteroatoms. The Hall–Kier alpha value is -1.64.